The zero-order chi connectivity index (χ0) is 13.1. The van der Waals surface area contributed by atoms with Crippen LogP contribution in [0, 0.1) is 0 Å². The van der Waals surface area contributed by atoms with Crippen LogP contribution < -0.4 is 5.32 Å². The molecule has 2 aromatic heterocycles. The maximum atomic E-state index is 12.0. The van der Waals surface area contributed by atoms with Gasteiger partial charge >= 0.3 is 0 Å². The van der Waals surface area contributed by atoms with E-state index in [1.54, 1.807) is 24.7 Å². The summed E-state index contributed by atoms with van der Waals surface area (Å²) in [6.45, 7) is 3.78. The van der Waals surface area contributed by atoms with Crippen molar-refractivity contribution in [1.29, 1.82) is 0 Å². The summed E-state index contributed by atoms with van der Waals surface area (Å²) in [6, 6.07) is 1.47. The first-order valence-electron chi connectivity index (χ1n) is 5.69. The van der Waals surface area contributed by atoms with Gasteiger partial charge in [-0.1, -0.05) is 12.1 Å². The number of tetrazole rings is 1. The molecule has 0 bridgehead atoms. The molecule has 8 heteroatoms. The molecule has 2 rings (SSSR count). The molecule has 1 unspecified atom stereocenters. The summed E-state index contributed by atoms with van der Waals surface area (Å²) in [6.07, 6.45) is 0.793. The fourth-order valence-corrected chi connectivity index (χ4v) is 1.60. The van der Waals surface area contributed by atoms with Crippen molar-refractivity contribution < 1.29 is 4.79 Å². The number of aromatic amines is 1. The van der Waals surface area contributed by atoms with Crippen LogP contribution in [0.4, 0.5) is 0 Å². The molecular formula is C10H15N7O. The van der Waals surface area contributed by atoms with Crippen molar-refractivity contribution in [3.8, 4) is 0 Å². The Labute approximate surface area is 104 Å². The van der Waals surface area contributed by atoms with Gasteiger partial charge in [0.1, 0.15) is 5.69 Å². The predicted molar refractivity (Wildman–Crippen MR) is 62.6 cm³/mol. The number of carbonyl (C=O) groups excluding carboxylic acids is 1. The molecule has 18 heavy (non-hydrogen) atoms. The fraction of sp³-hybridized carbons (Fsp3) is 0.500. The number of aromatic nitrogens is 6. The molecule has 0 aliphatic rings. The minimum atomic E-state index is -0.309. The van der Waals surface area contributed by atoms with Gasteiger partial charge in [0.25, 0.3) is 5.91 Å². The summed E-state index contributed by atoms with van der Waals surface area (Å²) in [5.41, 5.74) is 1.40. The van der Waals surface area contributed by atoms with Crippen LogP contribution >= 0.6 is 0 Å². The molecule has 2 heterocycles. The lowest BCUT2D eigenvalue weighted by molar-refractivity contribution is 0.0929. The highest BCUT2D eigenvalue weighted by Crippen LogP contribution is 2.08. The summed E-state index contributed by atoms with van der Waals surface area (Å²) in [5.74, 6) is 0.239. The van der Waals surface area contributed by atoms with Gasteiger partial charge in [-0.25, -0.2) is 0 Å². The topological polar surface area (TPSA) is 101 Å². The van der Waals surface area contributed by atoms with Crippen molar-refractivity contribution >= 4 is 5.91 Å². The molecule has 0 radical (unpaired) electrons. The summed E-state index contributed by atoms with van der Waals surface area (Å²) in [5, 5.41) is 20.5. The maximum absolute atomic E-state index is 12.0. The van der Waals surface area contributed by atoms with E-state index in [1.165, 1.54) is 0 Å². The number of rotatable bonds is 4. The average Bonchev–Trinajstić information content (AvgIpc) is 2.97. The second kappa shape index (κ2) is 4.94. The van der Waals surface area contributed by atoms with Crippen LogP contribution in [0.3, 0.4) is 0 Å². The standard InChI is InChI=1S/C10H15N7O/c1-4-7-5-8(17(3)14-7)10(18)11-6(2)9-12-15-16-13-9/h5-6H,4H2,1-3H3,(H,11,18)(H,12,13,15,16). The number of amides is 1. The molecule has 0 aliphatic carbocycles. The minimum absolute atomic E-state index is 0.206. The Morgan fingerprint density at radius 3 is 2.94 bits per heavy atom. The molecule has 1 atom stereocenters. The number of nitrogens with zero attached hydrogens (tertiary/aromatic N) is 5. The quantitative estimate of drug-likeness (QED) is 0.793. The molecule has 0 saturated heterocycles. The molecule has 1 amide bonds. The molecule has 0 saturated carbocycles. The van der Waals surface area contributed by atoms with Crippen molar-refractivity contribution in [2.75, 3.05) is 0 Å². The molecule has 0 aromatic carbocycles. The van der Waals surface area contributed by atoms with Crippen LogP contribution in [0.1, 0.15) is 41.9 Å². The number of aryl methyl sites for hydroxylation is 2. The Kier molecular flexibility index (Phi) is 3.35. The van der Waals surface area contributed by atoms with E-state index in [2.05, 4.69) is 31.0 Å². The molecule has 2 aromatic rings. The number of nitrogens with one attached hydrogen (secondary N) is 2. The number of hydrogen-bond donors (Lipinski definition) is 2. The smallest absolute Gasteiger partial charge is 0.270 e. The molecular weight excluding hydrogens is 234 g/mol. The number of carbonyl (C=O) groups is 1. The van der Waals surface area contributed by atoms with Crippen molar-refractivity contribution in [2.45, 2.75) is 26.3 Å². The fourth-order valence-electron chi connectivity index (χ4n) is 1.60. The Morgan fingerprint density at radius 2 is 2.39 bits per heavy atom. The Morgan fingerprint density at radius 1 is 1.61 bits per heavy atom. The van der Waals surface area contributed by atoms with Gasteiger partial charge in [-0.15, -0.1) is 10.2 Å². The number of hydrogen-bond acceptors (Lipinski definition) is 5. The van der Waals surface area contributed by atoms with Gasteiger partial charge in [0.05, 0.1) is 11.7 Å². The predicted octanol–water partition coefficient (Wildman–Crippen LogP) is -0.0134. The van der Waals surface area contributed by atoms with Crippen LogP contribution in [0.15, 0.2) is 6.07 Å². The second-order valence-electron chi connectivity index (χ2n) is 3.96. The Bertz CT molecular complexity index is 530. The van der Waals surface area contributed by atoms with E-state index in [9.17, 15) is 4.79 Å². The van der Waals surface area contributed by atoms with Crippen molar-refractivity contribution in [3.63, 3.8) is 0 Å². The average molecular weight is 249 g/mol. The van der Waals surface area contributed by atoms with Gasteiger partial charge < -0.3 is 5.32 Å². The summed E-state index contributed by atoms with van der Waals surface area (Å²) in [7, 11) is 1.74. The van der Waals surface area contributed by atoms with E-state index >= 15 is 0 Å². The Balaban J connectivity index is 2.09. The monoisotopic (exact) mass is 249 g/mol. The van der Waals surface area contributed by atoms with Gasteiger partial charge in [-0.2, -0.15) is 10.3 Å². The summed E-state index contributed by atoms with van der Waals surface area (Å²) < 4.78 is 1.57. The SMILES string of the molecule is CCc1cc(C(=O)NC(C)c2nn[nH]n2)n(C)n1. The first kappa shape index (κ1) is 12.2. The highest BCUT2D eigenvalue weighted by Gasteiger charge is 2.17. The lowest BCUT2D eigenvalue weighted by atomic mass is 10.2. The van der Waals surface area contributed by atoms with Gasteiger partial charge in [0.15, 0.2) is 5.82 Å². The highest BCUT2D eigenvalue weighted by atomic mass is 16.2. The third kappa shape index (κ3) is 2.36. The van der Waals surface area contributed by atoms with Gasteiger partial charge in [0.2, 0.25) is 0 Å². The van der Waals surface area contributed by atoms with Gasteiger partial charge in [-0.05, 0) is 19.4 Å². The number of H-pyrrole nitrogens is 1. The molecule has 96 valence electrons. The second-order valence-corrected chi connectivity index (χ2v) is 3.96. The van der Waals surface area contributed by atoms with Gasteiger partial charge in [-0.3, -0.25) is 9.48 Å². The largest absolute Gasteiger partial charge is 0.341 e. The molecule has 0 spiro atoms. The third-order valence-electron chi connectivity index (χ3n) is 2.62. The maximum Gasteiger partial charge on any atom is 0.270 e. The zero-order valence-corrected chi connectivity index (χ0v) is 10.5. The first-order valence-corrected chi connectivity index (χ1v) is 5.69. The van der Waals surface area contributed by atoms with Crippen LogP contribution in [0.5, 0.6) is 0 Å². The van der Waals surface area contributed by atoms with Crippen LogP contribution in [-0.2, 0) is 13.5 Å². The van der Waals surface area contributed by atoms with Gasteiger partial charge in [0, 0.05) is 7.05 Å². The molecule has 8 nitrogen and oxygen atoms in total. The first-order chi connectivity index (χ1) is 8.61. The lowest BCUT2D eigenvalue weighted by Gasteiger charge is -2.09. The van der Waals surface area contributed by atoms with E-state index in [-0.39, 0.29) is 11.9 Å². The summed E-state index contributed by atoms with van der Waals surface area (Å²) >= 11 is 0. The normalized spacial score (nSPS) is 12.4. The van der Waals surface area contributed by atoms with Crippen molar-refractivity contribution in [1.82, 2.24) is 35.7 Å². The Hall–Kier alpha value is -2.25. The van der Waals surface area contributed by atoms with E-state index in [0.717, 1.165) is 12.1 Å². The molecule has 0 fully saturated rings. The highest BCUT2D eigenvalue weighted by molar-refractivity contribution is 5.92. The van der Waals surface area contributed by atoms with Crippen molar-refractivity contribution in [3.05, 3.63) is 23.3 Å². The van der Waals surface area contributed by atoms with E-state index in [1.807, 2.05) is 6.92 Å². The molecule has 2 N–H and O–H groups in total. The van der Waals surface area contributed by atoms with E-state index in [0.29, 0.717) is 11.5 Å². The zero-order valence-electron chi connectivity index (χ0n) is 10.5. The summed E-state index contributed by atoms with van der Waals surface area (Å²) in [4.78, 5) is 12.0. The molecule has 0 aliphatic heterocycles. The van der Waals surface area contributed by atoms with E-state index < -0.39 is 0 Å². The third-order valence-corrected chi connectivity index (χ3v) is 2.62. The lowest BCUT2D eigenvalue weighted by Crippen LogP contribution is -2.29. The van der Waals surface area contributed by atoms with Crippen LogP contribution in [0.25, 0.3) is 0 Å². The van der Waals surface area contributed by atoms with Crippen molar-refractivity contribution in [2.24, 2.45) is 7.05 Å². The van der Waals surface area contributed by atoms with Crippen LogP contribution in [-0.4, -0.2) is 36.3 Å². The van der Waals surface area contributed by atoms with E-state index in [4.69, 9.17) is 0 Å². The van der Waals surface area contributed by atoms with Crippen LogP contribution in [0.2, 0.25) is 0 Å². The minimum Gasteiger partial charge on any atom is -0.341 e.